The van der Waals surface area contributed by atoms with Crippen LogP contribution in [0, 0.1) is 12.8 Å². The van der Waals surface area contributed by atoms with Gasteiger partial charge in [0.05, 0.1) is 0 Å². The molecule has 0 unspecified atom stereocenters. The van der Waals surface area contributed by atoms with Crippen molar-refractivity contribution in [3.05, 3.63) is 6.92 Å². The van der Waals surface area contributed by atoms with Gasteiger partial charge in [-0.05, 0) is 24.3 Å². The van der Waals surface area contributed by atoms with Gasteiger partial charge in [0.1, 0.15) is 0 Å². The van der Waals surface area contributed by atoms with E-state index in [2.05, 4.69) is 0 Å². The normalized spacial score (nSPS) is 25.8. The maximum Gasteiger partial charge on any atom is -0.00283 e. The highest BCUT2D eigenvalue weighted by Crippen LogP contribution is 2.22. The van der Waals surface area contributed by atoms with Gasteiger partial charge in [0, 0.05) is 0 Å². The Morgan fingerprint density at radius 1 is 1.60 bits per heavy atom. The van der Waals surface area contributed by atoms with Gasteiger partial charge in [-0.3, -0.25) is 0 Å². The van der Waals surface area contributed by atoms with Crippen molar-refractivity contribution in [2.45, 2.75) is 0 Å². The first-order valence-electron chi connectivity index (χ1n) is 1.73. The topological polar surface area (TPSA) is 0 Å². The summed E-state index contributed by atoms with van der Waals surface area (Å²) in [6.45, 7) is 5.36. The van der Waals surface area contributed by atoms with Crippen LogP contribution in [0.25, 0.3) is 0 Å². The first kappa shape index (κ1) is 3.54. The Balaban J connectivity index is 2.08. The van der Waals surface area contributed by atoms with Crippen molar-refractivity contribution in [1.29, 1.82) is 0 Å². The average Bonchev–Trinajstić information content (AvgIpc) is 1.30. The summed E-state index contributed by atoms with van der Waals surface area (Å²) in [6, 6.07) is 0. The molecule has 2 radical (unpaired) electrons. The van der Waals surface area contributed by atoms with E-state index in [1.54, 1.807) is 0 Å². The standard InChI is InChI=1S/C4H6S/c1-4-2-5-3-4/h1,4H,2-3H2. The molecule has 0 spiro atoms. The zero-order valence-electron chi connectivity index (χ0n) is 2.98. The van der Waals surface area contributed by atoms with E-state index in [0.29, 0.717) is 5.92 Å². The van der Waals surface area contributed by atoms with Crippen molar-refractivity contribution < 1.29 is 0 Å². The summed E-state index contributed by atoms with van der Waals surface area (Å²) in [5.74, 6) is 2.89. The van der Waals surface area contributed by atoms with E-state index in [0.717, 1.165) is 0 Å². The molecule has 0 aliphatic carbocycles. The van der Waals surface area contributed by atoms with E-state index in [9.17, 15) is 0 Å². The first-order valence-corrected chi connectivity index (χ1v) is 2.88. The number of hydrogen-bond acceptors (Lipinski definition) is 1. The molecule has 0 bridgehead atoms. The molecule has 1 rings (SSSR count). The molecule has 0 nitrogen and oxygen atoms in total. The molecule has 0 aromatic carbocycles. The highest BCUT2D eigenvalue weighted by molar-refractivity contribution is 8.00. The predicted molar refractivity (Wildman–Crippen MR) is 25.1 cm³/mol. The SMILES string of the molecule is [CH]C1CSC1. The zero-order valence-corrected chi connectivity index (χ0v) is 3.79. The van der Waals surface area contributed by atoms with Crippen LogP contribution in [0.1, 0.15) is 0 Å². The van der Waals surface area contributed by atoms with Gasteiger partial charge in [-0.1, -0.05) is 0 Å². The maximum atomic E-state index is 5.36. The lowest BCUT2D eigenvalue weighted by molar-refractivity contribution is 0.810. The molecule has 28 valence electrons. The summed E-state index contributed by atoms with van der Waals surface area (Å²) in [5, 5.41) is 0. The van der Waals surface area contributed by atoms with E-state index < -0.39 is 0 Å². The molecule has 0 amide bonds. The van der Waals surface area contributed by atoms with Gasteiger partial charge in [-0.15, -0.1) is 0 Å². The summed E-state index contributed by atoms with van der Waals surface area (Å²) in [5.41, 5.74) is 0. The van der Waals surface area contributed by atoms with Crippen LogP contribution in [0.15, 0.2) is 0 Å². The number of thioether (sulfide) groups is 1. The molecule has 1 fully saturated rings. The average molecular weight is 86.2 g/mol. The molecule has 0 aromatic rings. The first-order chi connectivity index (χ1) is 2.39. The van der Waals surface area contributed by atoms with E-state index in [1.807, 2.05) is 11.8 Å². The third kappa shape index (κ3) is 0.596. The Kier molecular flexibility index (Phi) is 0.856. The Hall–Kier alpha value is 0.350. The second-order valence-corrected chi connectivity index (χ2v) is 2.37. The van der Waals surface area contributed by atoms with E-state index in [-0.39, 0.29) is 0 Å². The fraction of sp³-hybridized carbons (Fsp3) is 0.750. The Labute approximate surface area is 37.0 Å². The van der Waals surface area contributed by atoms with Gasteiger partial charge in [0.25, 0.3) is 0 Å². The summed E-state index contributed by atoms with van der Waals surface area (Å²) in [7, 11) is 0. The minimum atomic E-state index is 0.528. The Bertz CT molecular complexity index is 30.6. The minimum absolute atomic E-state index is 0.528. The van der Waals surface area contributed by atoms with Crippen LogP contribution in [-0.4, -0.2) is 11.5 Å². The van der Waals surface area contributed by atoms with Gasteiger partial charge in [0.2, 0.25) is 0 Å². The van der Waals surface area contributed by atoms with E-state index in [4.69, 9.17) is 6.92 Å². The fourth-order valence-corrected chi connectivity index (χ4v) is 0.762. The van der Waals surface area contributed by atoms with Crippen molar-refractivity contribution in [1.82, 2.24) is 0 Å². The third-order valence-electron chi connectivity index (χ3n) is 0.664. The Morgan fingerprint density at radius 3 is 2.00 bits per heavy atom. The molecule has 1 aliphatic heterocycles. The minimum Gasteiger partial charge on any atom is -0.161 e. The molecule has 0 atom stereocenters. The van der Waals surface area contributed by atoms with Crippen LogP contribution < -0.4 is 0 Å². The summed E-state index contributed by atoms with van der Waals surface area (Å²) in [6.07, 6.45) is 0. The monoisotopic (exact) mass is 86.0 g/mol. The van der Waals surface area contributed by atoms with Gasteiger partial charge in [-0.25, -0.2) is 0 Å². The summed E-state index contributed by atoms with van der Waals surface area (Å²) < 4.78 is 0. The summed E-state index contributed by atoms with van der Waals surface area (Å²) >= 11 is 1.92. The molecule has 1 saturated heterocycles. The van der Waals surface area contributed by atoms with Crippen LogP contribution in [0.4, 0.5) is 0 Å². The van der Waals surface area contributed by atoms with E-state index >= 15 is 0 Å². The Morgan fingerprint density at radius 2 is 2.00 bits per heavy atom. The quantitative estimate of drug-likeness (QED) is 0.425. The van der Waals surface area contributed by atoms with Crippen LogP contribution in [0.2, 0.25) is 0 Å². The van der Waals surface area contributed by atoms with Gasteiger partial charge in [0.15, 0.2) is 0 Å². The van der Waals surface area contributed by atoms with Crippen molar-refractivity contribution in [2.24, 2.45) is 5.92 Å². The lowest BCUT2D eigenvalue weighted by atomic mass is 10.2. The lowest BCUT2D eigenvalue weighted by Crippen LogP contribution is -2.12. The molecule has 1 heteroatoms. The molecular formula is C4H6S. The summed E-state index contributed by atoms with van der Waals surface area (Å²) in [4.78, 5) is 0. The van der Waals surface area contributed by atoms with Crippen LogP contribution >= 0.6 is 11.8 Å². The zero-order chi connectivity index (χ0) is 3.70. The second-order valence-electron chi connectivity index (χ2n) is 1.30. The number of rotatable bonds is 0. The molecular weight excluding hydrogens is 80.1 g/mol. The molecule has 0 aromatic heterocycles. The third-order valence-corrected chi connectivity index (χ3v) is 1.99. The highest BCUT2D eigenvalue weighted by atomic mass is 32.2. The molecule has 1 heterocycles. The predicted octanol–water partition coefficient (Wildman–Crippen LogP) is 1.06. The molecule has 1 aliphatic rings. The largest absolute Gasteiger partial charge is 0.161 e. The number of hydrogen-bond donors (Lipinski definition) is 0. The van der Waals surface area contributed by atoms with Crippen LogP contribution in [0.3, 0.4) is 0 Å². The van der Waals surface area contributed by atoms with Gasteiger partial charge in [-0.2, -0.15) is 11.8 Å². The van der Waals surface area contributed by atoms with Gasteiger partial charge < -0.3 is 0 Å². The smallest absolute Gasteiger partial charge is 0.00283 e. The fourth-order valence-electron chi connectivity index (χ4n) is 0.254. The van der Waals surface area contributed by atoms with Crippen LogP contribution in [0.5, 0.6) is 0 Å². The van der Waals surface area contributed by atoms with Crippen molar-refractivity contribution in [3.8, 4) is 0 Å². The molecule has 0 saturated carbocycles. The second kappa shape index (κ2) is 1.21. The van der Waals surface area contributed by atoms with Crippen molar-refractivity contribution in [3.63, 3.8) is 0 Å². The van der Waals surface area contributed by atoms with Gasteiger partial charge >= 0.3 is 0 Å². The molecule has 0 N–H and O–H groups in total. The van der Waals surface area contributed by atoms with E-state index in [1.165, 1.54) is 11.5 Å². The molecule has 5 heavy (non-hydrogen) atoms. The lowest BCUT2D eigenvalue weighted by Gasteiger charge is -2.18. The highest BCUT2D eigenvalue weighted by Gasteiger charge is 2.10. The van der Waals surface area contributed by atoms with Crippen LogP contribution in [-0.2, 0) is 0 Å². The maximum absolute atomic E-state index is 5.36. The van der Waals surface area contributed by atoms with Crippen molar-refractivity contribution >= 4 is 11.8 Å². The van der Waals surface area contributed by atoms with Crippen molar-refractivity contribution in [2.75, 3.05) is 11.5 Å².